The monoisotopic (exact) mass is 231 g/mol. The third kappa shape index (κ3) is 2.75. The van der Waals surface area contributed by atoms with Crippen molar-refractivity contribution in [1.29, 1.82) is 5.26 Å². The highest BCUT2D eigenvalue weighted by molar-refractivity contribution is 5.43. The molecular formula is C13H17N3O. The van der Waals surface area contributed by atoms with Crippen molar-refractivity contribution in [2.24, 2.45) is 5.92 Å². The van der Waals surface area contributed by atoms with Crippen molar-refractivity contribution in [1.82, 2.24) is 4.98 Å². The molecule has 1 heterocycles. The maximum absolute atomic E-state index is 9.03. The number of pyridine rings is 1. The van der Waals surface area contributed by atoms with Crippen LogP contribution >= 0.6 is 0 Å². The van der Waals surface area contributed by atoms with Crippen molar-refractivity contribution < 1.29 is 4.74 Å². The van der Waals surface area contributed by atoms with Crippen LogP contribution in [0, 0.1) is 17.2 Å². The molecule has 1 fully saturated rings. The molecule has 1 aromatic heterocycles. The van der Waals surface area contributed by atoms with Crippen LogP contribution in [0.25, 0.3) is 0 Å². The molecule has 0 saturated heterocycles. The zero-order chi connectivity index (χ0) is 12.3. The highest BCUT2D eigenvalue weighted by atomic mass is 16.5. The van der Waals surface area contributed by atoms with E-state index in [1.54, 1.807) is 13.3 Å². The van der Waals surface area contributed by atoms with E-state index in [-0.39, 0.29) is 0 Å². The van der Waals surface area contributed by atoms with E-state index in [0.717, 1.165) is 31.2 Å². The smallest absolute Gasteiger partial charge is 0.123 e. The van der Waals surface area contributed by atoms with Gasteiger partial charge in [0, 0.05) is 13.3 Å². The Morgan fingerprint density at radius 1 is 1.59 bits per heavy atom. The lowest BCUT2D eigenvalue weighted by Crippen LogP contribution is -2.07. The van der Waals surface area contributed by atoms with Gasteiger partial charge in [-0.15, -0.1) is 0 Å². The number of rotatable bonds is 3. The molecule has 17 heavy (non-hydrogen) atoms. The first-order valence-electron chi connectivity index (χ1n) is 5.90. The average molecular weight is 231 g/mol. The second-order valence-corrected chi connectivity index (χ2v) is 4.62. The summed E-state index contributed by atoms with van der Waals surface area (Å²) in [7, 11) is 1.76. The van der Waals surface area contributed by atoms with E-state index >= 15 is 0 Å². The van der Waals surface area contributed by atoms with E-state index < -0.39 is 0 Å². The van der Waals surface area contributed by atoms with Crippen molar-refractivity contribution in [3.63, 3.8) is 0 Å². The molecule has 1 aliphatic carbocycles. The Bertz CT molecular complexity index is 439. The molecule has 90 valence electrons. The van der Waals surface area contributed by atoms with Crippen molar-refractivity contribution in [2.75, 3.05) is 12.8 Å². The Morgan fingerprint density at radius 3 is 3.06 bits per heavy atom. The Hall–Kier alpha value is -1.60. The Balaban J connectivity index is 2.09. The molecular weight excluding hydrogens is 214 g/mol. The fraction of sp³-hybridized carbons (Fsp3) is 0.538. The number of nitriles is 1. The number of methoxy groups -OCH3 is 1. The summed E-state index contributed by atoms with van der Waals surface area (Å²) in [5, 5.41) is 9.03. The summed E-state index contributed by atoms with van der Waals surface area (Å²) in [5.74, 6) is 1.08. The van der Waals surface area contributed by atoms with Crippen molar-refractivity contribution in [2.45, 2.75) is 31.8 Å². The van der Waals surface area contributed by atoms with Gasteiger partial charge in [0.05, 0.1) is 11.7 Å². The molecule has 4 heteroatoms. The van der Waals surface area contributed by atoms with Crippen LogP contribution < -0.4 is 5.73 Å². The third-order valence-electron chi connectivity index (χ3n) is 3.47. The summed E-state index contributed by atoms with van der Waals surface area (Å²) in [6.45, 7) is 0. The maximum Gasteiger partial charge on any atom is 0.123 e. The van der Waals surface area contributed by atoms with E-state index in [0.29, 0.717) is 23.4 Å². The van der Waals surface area contributed by atoms with Gasteiger partial charge in [-0.05, 0) is 43.2 Å². The van der Waals surface area contributed by atoms with Gasteiger partial charge in [-0.2, -0.15) is 5.26 Å². The van der Waals surface area contributed by atoms with Gasteiger partial charge in [0.2, 0.25) is 0 Å². The average Bonchev–Trinajstić information content (AvgIpc) is 2.77. The standard InChI is InChI=1S/C13H17N3O/c1-17-12-3-2-9(5-12)4-10-6-13(15)16-8-11(10)7-14/h6,8-9,12H,2-5H2,1H3,(H2,15,16). The zero-order valence-corrected chi connectivity index (χ0v) is 10.0. The zero-order valence-electron chi connectivity index (χ0n) is 10.0. The van der Waals surface area contributed by atoms with Crippen LogP contribution in [-0.4, -0.2) is 18.2 Å². The normalized spacial score (nSPS) is 23.5. The van der Waals surface area contributed by atoms with Gasteiger partial charge in [-0.3, -0.25) is 0 Å². The van der Waals surface area contributed by atoms with Gasteiger partial charge in [0.25, 0.3) is 0 Å². The number of nitrogen functional groups attached to an aromatic ring is 1. The largest absolute Gasteiger partial charge is 0.384 e. The van der Waals surface area contributed by atoms with E-state index in [9.17, 15) is 0 Å². The van der Waals surface area contributed by atoms with E-state index in [1.807, 2.05) is 6.07 Å². The Morgan fingerprint density at radius 2 is 2.41 bits per heavy atom. The molecule has 1 aromatic rings. The lowest BCUT2D eigenvalue weighted by molar-refractivity contribution is 0.105. The molecule has 1 saturated carbocycles. The van der Waals surface area contributed by atoms with Crippen LogP contribution in [0.1, 0.15) is 30.4 Å². The molecule has 2 rings (SSSR count). The molecule has 2 unspecified atom stereocenters. The minimum atomic E-state index is 0.379. The Labute approximate surface area is 101 Å². The molecule has 0 radical (unpaired) electrons. The summed E-state index contributed by atoms with van der Waals surface area (Å²) in [6, 6.07) is 3.99. The molecule has 2 atom stereocenters. The van der Waals surface area contributed by atoms with Crippen molar-refractivity contribution >= 4 is 5.82 Å². The molecule has 0 bridgehead atoms. The van der Waals surface area contributed by atoms with Gasteiger partial charge in [-0.1, -0.05) is 0 Å². The molecule has 0 aromatic carbocycles. The number of aromatic nitrogens is 1. The van der Waals surface area contributed by atoms with E-state index in [4.69, 9.17) is 15.7 Å². The van der Waals surface area contributed by atoms with Gasteiger partial charge < -0.3 is 10.5 Å². The molecule has 0 spiro atoms. The predicted molar refractivity (Wildman–Crippen MR) is 65.2 cm³/mol. The van der Waals surface area contributed by atoms with Crippen LogP contribution in [-0.2, 0) is 11.2 Å². The fourth-order valence-corrected chi connectivity index (χ4v) is 2.52. The molecule has 1 aliphatic rings. The SMILES string of the molecule is COC1CCC(Cc2cc(N)ncc2C#N)C1. The van der Waals surface area contributed by atoms with Crippen LogP contribution in [0.3, 0.4) is 0 Å². The minimum Gasteiger partial charge on any atom is -0.384 e. The van der Waals surface area contributed by atoms with Gasteiger partial charge in [0.1, 0.15) is 11.9 Å². The van der Waals surface area contributed by atoms with Crippen LogP contribution in [0.2, 0.25) is 0 Å². The highest BCUT2D eigenvalue weighted by Gasteiger charge is 2.25. The molecule has 4 nitrogen and oxygen atoms in total. The summed E-state index contributed by atoms with van der Waals surface area (Å²) < 4.78 is 5.36. The lowest BCUT2D eigenvalue weighted by Gasteiger charge is -2.11. The Kier molecular flexibility index (Phi) is 3.60. The van der Waals surface area contributed by atoms with Crippen molar-refractivity contribution in [3.8, 4) is 6.07 Å². The van der Waals surface area contributed by atoms with Crippen molar-refractivity contribution in [3.05, 3.63) is 23.4 Å². The predicted octanol–water partition coefficient (Wildman–Crippen LogP) is 1.89. The number of hydrogen-bond acceptors (Lipinski definition) is 4. The van der Waals surface area contributed by atoms with Crippen LogP contribution in [0.4, 0.5) is 5.82 Å². The van der Waals surface area contributed by atoms with Crippen LogP contribution in [0.15, 0.2) is 12.3 Å². The number of anilines is 1. The quantitative estimate of drug-likeness (QED) is 0.862. The molecule has 2 N–H and O–H groups in total. The lowest BCUT2D eigenvalue weighted by atomic mass is 9.96. The maximum atomic E-state index is 9.03. The topological polar surface area (TPSA) is 71.9 Å². The second-order valence-electron chi connectivity index (χ2n) is 4.62. The first-order valence-corrected chi connectivity index (χ1v) is 5.90. The van der Waals surface area contributed by atoms with E-state index in [2.05, 4.69) is 11.1 Å². The molecule has 0 amide bonds. The summed E-state index contributed by atoms with van der Waals surface area (Å²) >= 11 is 0. The van der Waals surface area contributed by atoms with Gasteiger partial charge >= 0.3 is 0 Å². The number of ether oxygens (including phenoxy) is 1. The summed E-state index contributed by atoms with van der Waals surface area (Å²) in [6.07, 6.45) is 6.19. The van der Waals surface area contributed by atoms with Gasteiger partial charge in [-0.25, -0.2) is 4.98 Å². The number of hydrogen-bond donors (Lipinski definition) is 1. The first kappa shape index (κ1) is 11.9. The fourth-order valence-electron chi connectivity index (χ4n) is 2.52. The summed E-state index contributed by atoms with van der Waals surface area (Å²) in [5.41, 5.74) is 7.32. The second kappa shape index (κ2) is 5.15. The minimum absolute atomic E-state index is 0.379. The summed E-state index contributed by atoms with van der Waals surface area (Å²) in [4.78, 5) is 3.95. The third-order valence-corrected chi connectivity index (χ3v) is 3.47. The number of nitrogens with zero attached hydrogens (tertiary/aromatic N) is 2. The van der Waals surface area contributed by atoms with Crippen LogP contribution in [0.5, 0.6) is 0 Å². The van der Waals surface area contributed by atoms with Gasteiger partial charge in [0.15, 0.2) is 0 Å². The number of nitrogens with two attached hydrogens (primary N) is 1. The first-order chi connectivity index (χ1) is 8.22. The highest BCUT2D eigenvalue weighted by Crippen LogP contribution is 2.31. The van der Waals surface area contributed by atoms with E-state index in [1.165, 1.54) is 0 Å². The molecule has 0 aliphatic heterocycles.